The van der Waals surface area contributed by atoms with Gasteiger partial charge in [-0.15, -0.1) is 0 Å². The molecule has 1 heterocycles. The fourth-order valence-electron chi connectivity index (χ4n) is 1.47. The van der Waals surface area contributed by atoms with Gasteiger partial charge in [0.1, 0.15) is 7.85 Å². The van der Waals surface area contributed by atoms with Gasteiger partial charge in [-0.05, 0) is 14.1 Å². The number of aliphatic hydroxyl groups excluding tert-OH is 1. The summed E-state index contributed by atoms with van der Waals surface area (Å²) in [6.07, 6.45) is -0.984. The van der Waals surface area contributed by atoms with E-state index < -0.39 is 19.7 Å². The second kappa shape index (κ2) is 5.21. The molecule has 0 saturated carbocycles. The summed E-state index contributed by atoms with van der Waals surface area (Å²) in [5.41, 5.74) is 0.222. The lowest BCUT2D eigenvalue weighted by atomic mass is 9.99. The molecule has 3 unspecified atom stereocenters. The van der Waals surface area contributed by atoms with Gasteiger partial charge in [-0.1, -0.05) is 0 Å². The number of hydrogen-bond donors (Lipinski definition) is 2. The minimum atomic E-state index is -2.71. The summed E-state index contributed by atoms with van der Waals surface area (Å²) < 4.78 is 20.7. The van der Waals surface area contributed by atoms with Crippen molar-refractivity contribution < 1.29 is 14.4 Å². The van der Waals surface area contributed by atoms with E-state index in [1.165, 1.54) is 0 Å². The van der Waals surface area contributed by atoms with Crippen LogP contribution in [0.25, 0.3) is 0 Å². The van der Waals surface area contributed by atoms with E-state index in [2.05, 4.69) is 12.6 Å². The molecule has 1 aliphatic rings. The molecule has 0 bridgehead atoms. The molecule has 0 aromatic rings. The van der Waals surface area contributed by atoms with Crippen LogP contribution in [-0.2, 0) is 9.30 Å². The summed E-state index contributed by atoms with van der Waals surface area (Å²) in [4.78, 5) is 0. The average molecular weight is 250 g/mol. The first-order chi connectivity index (χ1) is 6.90. The van der Waals surface area contributed by atoms with E-state index in [4.69, 9.17) is 12.6 Å². The van der Waals surface area contributed by atoms with Crippen molar-refractivity contribution in [1.29, 1.82) is 0 Å². The van der Waals surface area contributed by atoms with Gasteiger partial charge in [-0.3, -0.25) is 4.57 Å². The molecule has 15 heavy (non-hydrogen) atoms. The van der Waals surface area contributed by atoms with Gasteiger partial charge in [0.05, 0.1) is 12.0 Å². The van der Waals surface area contributed by atoms with Gasteiger partial charge in [-0.25, -0.2) is 9.34 Å². The van der Waals surface area contributed by atoms with Crippen LogP contribution in [0.15, 0.2) is 0 Å². The minimum Gasteiger partial charge on any atom is -0.367 e. The Morgan fingerprint density at radius 3 is 2.67 bits per heavy atom. The molecule has 0 aromatic carbocycles. The third-order valence-electron chi connectivity index (χ3n) is 2.34. The third kappa shape index (κ3) is 2.99. The Labute approximate surface area is 97.1 Å². The monoisotopic (exact) mass is 250 g/mol. The molecule has 0 aromatic heterocycles. The minimum absolute atomic E-state index is 0.198. The van der Waals surface area contributed by atoms with Gasteiger partial charge in [-0.2, -0.15) is 12.6 Å². The van der Waals surface area contributed by atoms with E-state index in [0.29, 0.717) is 6.54 Å². The summed E-state index contributed by atoms with van der Waals surface area (Å²) in [6, 6.07) is -0.609. The van der Waals surface area contributed by atoms with E-state index >= 15 is 0 Å². The van der Waals surface area contributed by atoms with Crippen LogP contribution < -0.4 is 0 Å². The van der Waals surface area contributed by atoms with E-state index in [-0.39, 0.29) is 12.0 Å². The predicted molar refractivity (Wildman–Crippen MR) is 63.4 cm³/mol. The number of nitrogens with zero attached hydrogens (tertiary/aromatic N) is 2. The topological polar surface area (TPSA) is 53.0 Å². The number of thiol groups is 1. The molecule has 1 aliphatic heterocycles. The average Bonchev–Trinajstić information content (AvgIpc) is 2.14. The van der Waals surface area contributed by atoms with Gasteiger partial charge in [0.25, 0.3) is 0 Å². The normalized spacial score (nSPS) is 32.9. The fourth-order valence-corrected chi connectivity index (χ4v) is 4.52. The van der Waals surface area contributed by atoms with Crippen molar-refractivity contribution in [3.05, 3.63) is 0 Å². The van der Waals surface area contributed by atoms with Gasteiger partial charge in [0.2, 0.25) is 7.44 Å². The second-order valence-corrected chi connectivity index (χ2v) is 7.48. The fraction of sp³-hybridized carbons (Fsp3) is 1.00. The number of hydrogen-bond acceptors (Lipinski definition) is 4. The van der Waals surface area contributed by atoms with Crippen molar-refractivity contribution in [2.24, 2.45) is 0 Å². The van der Waals surface area contributed by atoms with Crippen LogP contribution in [-0.4, -0.2) is 67.3 Å². The lowest BCUT2D eigenvalue weighted by Gasteiger charge is -2.41. The zero-order chi connectivity index (χ0) is 11.6. The van der Waals surface area contributed by atoms with Crippen LogP contribution >= 0.6 is 20.1 Å². The summed E-state index contributed by atoms with van der Waals surface area (Å²) in [7, 11) is 6.32. The first-order valence-corrected chi connectivity index (χ1v) is 7.05. The second-order valence-electron chi connectivity index (χ2n) is 3.65. The van der Waals surface area contributed by atoms with Crippen LogP contribution in [0.4, 0.5) is 0 Å². The summed E-state index contributed by atoms with van der Waals surface area (Å²) in [6.45, 7) is 0.538. The van der Waals surface area contributed by atoms with Crippen molar-refractivity contribution in [2.45, 2.75) is 12.3 Å². The van der Waals surface area contributed by atoms with Crippen LogP contribution in [0.5, 0.6) is 0 Å². The number of aliphatic hydroxyl groups is 1. The summed E-state index contributed by atoms with van der Waals surface area (Å²) in [5.74, 6) is 0. The van der Waals surface area contributed by atoms with Crippen molar-refractivity contribution >= 4 is 27.9 Å². The molecule has 3 atom stereocenters. The molecular formula is C7H16BN2O3PS. The largest absolute Gasteiger partial charge is 0.367 e. The molecule has 1 N–H and O–H groups in total. The maximum absolute atomic E-state index is 12.5. The zero-order valence-corrected chi connectivity index (χ0v) is 10.7. The maximum atomic E-state index is 12.5. The van der Waals surface area contributed by atoms with Crippen molar-refractivity contribution in [3.8, 4) is 0 Å². The Balaban J connectivity index is 2.81. The molecule has 0 aliphatic carbocycles. The molecular weight excluding hydrogens is 234 g/mol. The van der Waals surface area contributed by atoms with E-state index in [0.717, 1.165) is 0 Å². The van der Waals surface area contributed by atoms with Crippen molar-refractivity contribution in [2.75, 3.05) is 32.7 Å². The Bertz CT molecular complexity index is 259. The third-order valence-corrected chi connectivity index (χ3v) is 6.28. The highest BCUT2D eigenvalue weighted by molar-refractivity contribution is 7.89. The van der Waals surface area contributed by atoms with Crippen molar-refractivity contribution in [3.63, 3.8) is 0 Å². The Morgan fingerprint density at radius 1 is 1.67 bits per heavy atom. The molecule has 86 valence electrons. The molecule has 1 rings (SSSR count). The lowest BCUT2D eigenvalue weighted by molar-refractivity contribution is -0.146. The highest BCUT2D eigenvalue weighted by Gasteiger charge is 2.37. The highest BCUT2D eigenvalue weighted by atomic mass is 32.1. The highest BCUT2D eigenvalue weighted by Crippen LogP contribution is 2.52. The molecule has 8 heteroatoms. The van der Waals surface area contributed by atoms with Gasteiger partial charge in [0, 0.05) is 12.5 Å². The number of morpholine rings is 1. The maximum Gasteiger partial charge on any atom is 0.225 e. The molecule has 0 amide bonds. The number of ether oxygens (including phenoxy) is 1. The Kier molecular flexibility index (Phi) is 4.71. The van der Waals surface area contributed by atoms with E-state index in [1.54, 1.807) is 23.4 Å². The predicted octanol–water partition coefficient (Wildman–Crippen LogP) is -0.226. The summed E-state index contributed by atoms with van der Waals surface area (Å²) >= 11 is 4.10. The van der Waals surface area contributed by atoms with Gasteiger partial charge in [0.15, 0.2) is 6.29 Å². The Hall–Kier alpha value is 0.485. The van der Waals surface area contributed by atoms with Crippen LogP contribution in [0.3, 0.4) is 0 Å². The van der Waals surface area contributed by atoms with E-state index in [1.807, 2.05) is 0 Å². The van der Waals surface area contributed by atoms with Gasteiger partial charge < -0.3 is 9.84 Å². The van der Waals surface area contributed by atoms with E-state index in [9.17, 15) is 9.67 Å². The first-order valence-electron chi connectivity index (χ1n) is 4.62. The van der Waals surface area contributed by atoms with Crippen LogP contribution in [0, 0.1) is 0 Å². The van der Waals surface area contributed by atoms with Crippen LogP contribution in [0.1, 0.15) is 0 Å². The Morgan fingerprint density at radius 2 is 2.27 bits per heavy atom. The van der Waals surface area contributed by atoms with Crippen LogP contribution in [0.2, 0.25) is 0 Å². The molecule has 1 saturated heterocycles. The number of rotatable bonds is 3. The smallest absolute Gasteiger partial charge is 0.225 e. The van der Waals surface area contributed by atoms with Gasteiger partial charge >= 0.3 is 0 Å². The van der Waals surface area contributed by atoms with Crippen molar-refractivity contribution in [1.82, 2.24) is 9.34 Å². The summed E-state index contributed by atoms with van der Waals surface area (Å²) in [5, 5.41) is 9.38. The number of β-amino-alcohol motifs (C(OH)–C–C–N with tert-alkyl or cyclic N) is 1. The first kappa shape index (κ1) is 13.5. The molecule has 5 nitrogen and oxygen atoms in total. The SMILES string of the molecule is [B]C1CN(P(=O)(CS)N(C)C)CC(O)O1. The zero-order valence-electron chi connectivity index (χ0n) is 8.91. The quantitative estimate of drug-likeness (QED) is 0.412. The lowest BCUT2D eigenvalue weighted by Crippen LogP contribution is -2.47. The standard InChI is InChI=1S/C7H16BN2O3PS/c1-9(2)14(12,5-15)10-3-6(8)13-7(11)4-10/h6-7,11,15H,3-5H2,1-2H3. The molecule has 2 radical (unpaired) electrons. The molecule has 1 fully saturated rings. The molecule has 0 spiro atoms.